The van der Waals surface area contributed by atoms with E-state index in [-0.39, 0.29) is 24.1 Å². The van der Waals surface area contributed by atoms with Crippen LogP contribution in [0.4, 0.5) is 0 Å². The topological polar surface area (TPSA) is 74.3 Å². The van der Waals surface area contributed by atoms with Gasteiger partial charge < -0.3 is 23.8 Å². The second-order valence-corrected chi connectivity index (χ2v) is 17.7. The Morgan fingerprint density at radius 1 is 0.571 bits per heavy atom. The van der Waals surface area contributed by atoms with Gasteiger partial charge in [-0.2, -0.15) is 0 Å². The van der Waals surface area contributed by atoms with E-state index in [1.54, 1.807) is 0 Å². The summed E-state index contributed by atoms with van der Waals surface area (Å²) < 4.78 is 24.7. The average molecular weight is 794 g/mol. The molecule has 0 amide bonds. The van der Waals surface area contributed by atoms with Gasteiger partial charge in [-0.05, 0) is 78.3 Å². The lowest BCUT2D eigenvalue weighted by Crippen LogP contribution is -2.31. The first-order valence-corrected chi connectivity index (χ1v) is 24.7. The lowest BCUT2D eigenvalue weighted by Gasteiger charge is -2.29. The number of esters is 2. The first-order chi connectivity index (χ1) is 27.3. The lowest BCUT2D eigenvalue weighted by atomic mass is 9.99. The van der Waals surface area contributed by atoms with Crippen molar-refractivity contribution in [3.8, 4) is 0 Å². The molecular formula is C49H95NO6. The molecule has 2 atom stereocenters. The molecule has 7 nitrogen and oxygen atoms in total. The molecule has 1 fully saturated rings. The Morgan fingerprint density at radius 3 is 1.50 bits per heavy atom. The molecule has 1 unspecified atom stereocenters. The summed E-state index contributed by atoms with van der Waals surface area (Å²) in [5.41, 5.74) is 0. The number of rotatable bonds is 42. The van der Waals surface area contributed by atoms with Crippen LogP contribution in [0.1, 0.15) is 252 Å². The second kappa shape index (κ2) is 38.0. The van der Waals surface area contributed by atoms with Gasteiger partial charge in [0.1, 0.15) is 6.10 Å². The van der Waals surface area contributed by atoms with Crippen LogP contribution in [-0.4, -0.2) is 68.7 Å². The van der Waals surface area contributed by atoms with Crippen molar-refractivity contribution < 1.29 is 28.5 Å². The molecule has 0 aromatic carbocycles. The van der Waals surface area contributed by atoms with Crippen LogP contribution in [0, 0.1) is 0 Å². The number of ether oxygens (including phenoxy) is 4. The van der Waals surface area contributed by atoms with Crippen LogP contribution >= 0.6 is 0 Å². The van der Waals surface area contributed by atoms with Gasteiger partial charge in [-0.25, -0.2) is 0 Å². The molecular weight excluding hydrogens is 699 g/mol. The minimum atomic E-state index is -0.468. The van der Waals surface area contributed by atoms with Crippen LogP contribution in [0.5, 0.6) is 0 Å². The van der Waals surface area contributed by atoms with Crippen LogP contribution in [0.25, 0.3) is 0 Å². The molecule has 1 saturated heterocycles. The molecule has 0 aromatic rings. The van der Waals surface area contributed by atoms with Crippen molar-refractivity contribution in [3.05, 3.63) is 0 Å². The number of hydrogen-bond acceptors (Lipinski definition) is 7. The Bertz CT molecular complexity index is 867. The molecule has 1 aliphatic rings. The third kappa shape index (κ3) is 31.8. The zero-order valence-electron chi connectivity index (χ0n) is 38.1. The molecule has 1 heterocycles. The number of carbonyl (C=O) groups excluding carboxylic acids is 2. The van der Waals surface area contributed by atoms with Gasteiger partial charge in [-0.15, -0.1) is 0 Å². The molecule has 1 aliphatic heterocycles. The molecule has 0 N–H and O–H groups in total. The maximum atomic E-state index is 12.9. The van der Waals surface area contributed by atoms with Crippen molar-refractivity contribution in [2.24, 2.45) is 0 Å². The van der Waals surface area contributed by atoms with Crippen molar-refractivity contribution in [1.29, 1.82) is 0 Å². The van der Waals surface area contributed by atoms with E-state index in [4.69, 9.17) is 18.9 Å². The third-order valence-electron chi connectivity index (χ3n) is 11.8. The average Bonchev–Trinajstić information content (AvgIpc) is 3.59. The third-order valence-corrected chi connectivity index (χ3v) is 11.8. The predicted molar refractivity (Wildman–Crippen MR) is 236 cm³/mol. The van der Waals surface area contributed by atoms with Crippen LogP contribution in [0.2, 0.25) is 0 Å². The molecule has 0 bridgehead atoms. The summed E-state index contributed by atoms with van der Waals surface area (Å²) in [6.45, 7) is 9.01. The standard InChI is InChI=1S/C49H95NO6/c1-6-9-12-15-18-19-23-30-37-47(51)53-43-34-27-26-33-41-49(54-44-46(56-49)39-42-50(4)5)40-32-25-20-24-31-38-48(52)55-45(35-28-21-16-13-10-7-2)36-29-22-17-14-11-8-3/h45-46H,6-44H2,1-5H3/t46?,49-/m0/s1. The second-order valence-electron chi connectivity index (χ2n) is 17.7. The van der Waals surface area contributed by atoms with E-state index in [1.165, 1.54) is 116 Å². The zero-order chi connectivity index (χ0) is 40.8. The first kappa shape index (κ1) is 52.8. The van der Waals surface area contributed by atoms with Gasteiger partial charge in [0.25, 0.3) is 0 Å². The predicted octanol–water partition coefficient (Wildman–Crippen LogP) is 14.2. The van der Waals surface area contributed by atoms with E-state index in [1.807, 2.05) is 0 Å². The van der Waals surface area contributed by atoms with Gasteiger partial charge in [-0.1, -0.05) is 162 Å². The van der Waals surface area contributed by atoms with Gasteiger partial charge in [0.2, 0.25) is 0 Å². The van der Waals surface area contributed by atoms with E-state index in [9.17, 15) is 9.59 Å². The molecule has 0 radical (unpaired) electrons. The highest BCUT2D eigenvalue weighted by Crippen LogP contribution is 2.35. The summed E-state index contributed by atoms with van der Waals surface area (Å²) in [6, 6.07) is 0. The highest BCUT2D eigenvalue weighted by Gasteiger charge is 2.40. The molecule has 1 rings (SSSR count). The Morgan fingerprint density at radius 2 is 1.00 bits per heavy atom. The Kier molecular flexibility index (Phi) is 35.9. The van der Waals surface area contributed by atoms with E-state index in [0.29, 0.717) is 26.1 Å². The van der Waals surface area contributed by atoms with Gasteiger partial charge in [0, 0.05) is 32.2 Å². The largest absolute Gasteiger partial charge is 0.466 e. The van der Waals surface area contributed by atoms with Crippen molar-refractivity contribution in [2.75, 3.05) is 33.9 Å². The summed E-state index contributed by atoms with van der Waals surface area (Å²) in [6.07, 6.45) is 41.1. The first-order valence-electron chi connectivity index (χ1n) is 24.7. The van der Waals surface area contributed by atoms with Crippen molar-refractivity contribution in [3.63, 3.8) is 0 Å². The zero-order valence-corrected chi connectivity index (χ0v) is 38.1. The Labute approximate surface area is 348 Å². The van der Waals surface area contributed by atoms with Gasteiger partial charge in [-0.3, -0.25) is 9.59 Å². The van der Waals surface area contributed by atoms with E-state index < -0.39 is 5.79 Å². The molecule has 0 aliphatic carbocycles. The molecule has 56 heavy (non-hydrogen) atoms. The van der Waals surface area contributed by atoms with Gasteiger partial charge in [0.05, 0.1) is 19.3 Å². The number of nitrogens with zero attached hydrogens (tertiary/aromatic N) is 1. The Hall–Kier alpha value is -1.18. The molecule has 0 saturated carbocycles. The monoisotopic (exact) mass is 794 g/mol. The molecule has 0 spiro atoms. The summed E-state index contributed by atoms with van der Waals surface area (Å²) in [5.74, 6) is -0.485. The van der Waals surface area contributed by atoms with Crippen LogP contribution in [0.15, 0.2) is 0 Å². The molecule has 0 aromatic heterocycles. The van der Waals surface area contributed by atoms with E-state index in [0.717, 1.165) is 109 Å². The fraction of sp³-hybridized carbons (Fsp3) is 0.959. The summed E-state index contributed by atoms with van der Waals surface area (Å²) in [5, 5.41) is 0. The summed E-state index contributed by atoms with van der Waals surface area (Å²) >= 11 is 0. The maximum Gasteiger partial charge on any atom is 0.306 e. The highest BCUT2D eigenvalue weighted by atomic mass is 16.7. The van der Waals surface area contributed by atoms with Crippen molar-refractivity contribution in [1.82, 2.24) is 4.90 Å². The fourth-order valence-electron chi connectivity index (χ4n) is 8.07. The smallest absolute Gasteiger partial charge is 0.306 e. The van der Waals surface area contributed by atoms with Crippen molar-refractivity contribution >= 4 is 11.9 Å². The normalized spacial score (nSPS) is 17.0. The SMILES string of the molecule is CCCCCCCCCCC(=O)OCCCCCC[C@@]1(CCCCCCCC(=O)OC(CCCCCCCC)CCCCCCCC)OCC(CCN(C)C)O1. The Balaban J connectivity index is 2.32. The quantitative estimate of drug-likeness (QED) is 0.0450. The summed E-state index contributed by atoms with van der Waals surface area (Å²) in [7, 11) is 4.23. The van der Waals surface area contributed by atoms with Crippen LogP contribution in [0.3, 0.4) is 0 Å². The fourth-order valence-corrected chi connectivity index (χ4v) is 8.07. The minimum Gasteiger partial charge on any atom is -0.466 e. The van der Waals surface area contributed by atoms with Crippen LogP contribution in [-0.2, 0) is 28.5 Å². The van der Waals surface area contributed by atoms with Gasteiger partial charge in [0.15, 0.2) is 5.79 Å². The molecule has 332 valence electrons. The van der Waals surface area contributed by atoms with Crippen LogP contribution < -0.4 is 0 Å². The van der Waals surface area contributed by atoms with Crippen molar-refractivity contribution in [2.45, 2.75) is 270 Å². The number of carbonyl (C=O) groups is 2. The number of hydrogen-bond donors (Lipinski definition) is 0. The highest BCUT2D eigenvalue weighted by molar-refractivity contribution is 5.69. The lowest BCUT2D eigenvalue weighted by molar-refractivity contribution is -0.180. The summed E-state index contributed by atoms with van der Waals surface area (Å²) in [4.78, 5) is 27.2. The van der Waals surface area contributed by atoms with E-state index >= 15 is 0 Å². The van der Waals surface area contributed by atoms with Gasteiger partial charge >= 0.3 is 11.9 Å². The molecule has 7 heteroatoms. The minimum absolute atomic E-state index is 0.0133. The number of unbranched alkanes of at least 4 members (excludes halogenated alkanes) is 24. The van der Waals surface area contributed by atoms with E-state index in [2.05, 4.69) is 39.8 Å². The maximum absolute atomic E-state index is 12.9.